The second-order valence-electron chi connectivity index (χ2n) is 8.28. The number of nitrogens with zero attached hydrogens (tertiary/aromatic N) is 3. The standard InChI is InChI=1S/C27H22BrI2N3O6S/c1-5-38-26(35)22-13(2)32-27-33(23(22)16-11-19(36-3)20(37-4)12-17(16)28)25(34)21(40-27)9-14-8-15(29)10-18(30)24(14)39-7-6-31/h8-12,23H,5,7H2,1-4H3/b21-9-/t23-/m0/s1. The number of halogens is 3. The number of aromatic nitrogens is 1. The van der Waals surface area contributed by atoms with Crippen molar-refractivity contribution in [2.75, 3.05) is 27.4 Å². The molecule has 3 aromatic rings. The van der Waals surface area contributed by atoms with Crippen LogP contribution < -0.4 is 29.1 Å². The lowest BCUT2D eigenvalue weighted by Gasteiger charge is -2.26. The van der Waals surface area contributed by atoms with Crippen LogP contribution in [0.5, 0.6) is 17.2 Å². The van der Waals surface area contributed by atoms with Crippen molar-refractivity contribution in [2.45, 2.75) is 19.9 Å². The fraction of sp³-hybridized carbons (Fsp3) is 0.259. The molecule has 0 radical (unpaired) electrons. The number of methoxy groups -OCH3 is 2. The molecule has 9 nitrogen and oxygen atoms in total. The lowest BCUT2D eigenvalue weighted by molar-refractivity contribution is -0.139. The van der Waals surface area contributed by atoms with Gasteiger partial charge in [0.25, 0.3) is 5.56 Å². The number of allylic oxidation sites excluding steroid dienone is 1. The fourth-order valence-corrected chi connectivity index (χ4v) is 7.87. The number of thiazole rings is 1. The normalized spacial score (nSPS) is 14.8. The molecule has 0 unspecified atom stereocenters. The van der Waals surface area contributed by atoms with E-state index in [2.05, 4.69) is 66.1 Å². The third-order valence-electron chi connectivity index (χ3n) is 5.92. The lowest BCUT2D eigenvalue weighted by atomic mass is 9.95. The van der Waals surface area contributed by atoms with E-state index in [4.69, 9.17) is 24.2 Å². The zero-order valence-corrected chi connectivity index (χ0v) is 28.4. The molecule has 1 aromatic heterocycles. The van der Waals surface area contributed by atoms with Crippen LogP contribution in [0, 0.1) is 18.5 Å². The molecule has 0 saturated heterocycles. The Hall–Kier alpha value is -2.42. The Kier molecular flexibility index (Phi) is 9.96. The third kappa shape index (κ3) is 5.95. The first-order valence-electron chi connectivity index (χ1n) is 11.7. The highest BCUT2D eigenvalue weighted by molar-refractivity contribution is 14.1. The van der Waals surface area contributed by atoms with Crippen LogP contribution in [-0.2, 0) is 9.53 Å². The van der Waals surface area contributed by atoms with E-state index in [1.165, 1.54) is 30.1 Å². The highest BCUT2D eigenvalue weighted by Crippen LogP contribution is 2.41. The van der Waals surface area contributed by atoms with Crippen LogP contribution in [0.4, 0.5) is 0 Å². The van der Waals surface area contributed by atoms with Gasteiger partial charge in [-0.25, -0.2) is 9.79 Å². The molecule has 1 atom stereocenters. The summed E-state index contributed by atoms with van der Waals surface area (Å²) in [5.41, 5.74) is 1.60. The molecule has 40 heavy (non-hydrogen) atoms. The van der Waals surface area contributed by atoms with Gasteiger partial charge in [0.05, 0.1) is 46.2 Å². The summed E-state index contributed by atoms with van der Waals surface area (Å²) in [7, 11) is 3.05. The van der Waals surface area contributed by atoms with Crippen LogP contribution in [0.15, 0.2) is 49.8 Å². The molecule has 13 heteroatoms. The molecule has 0 saturated carbocycles. The summed E-state index contributed by atoms with van der Waals surface area (Å²) < 4.78 is 26.3. The number of hydrogen-bond acceptors (Lipinski definition) is 9. The SMILES string of the molecule is CCOC(=O)C1=C(C)N=c2s/c(=C\c3cc(I)cc(I)c3OCC#N)c(=O)n2[C@H]1c1cc(OC)c(OC)cc1Br. The minimum atomic E-state index is -0.850. The van der Waals surface area contributed by atoms with Crippen LogP contribution in [0.1, 0.15) is 31.0 Å². The average Bonchev–Trinajstić information content (AvgIpc) is 3.21. The summed E-state index contributed by atoms with van der Waals surface area (Å²) in [5, 5.41) is 9.06. The van der Waals surface area contributed by atoms with Gasteiger partial charge in [0.1, 0.15) is 11.8 Å². The summed E-state index contributed by atoms with van der Waals surface area (Å²) in [6, 6.07) is 8.41. The van der Waals surface area contributed by atoms with Gasteiger partial charge in [0.2, 0.25) is 0 Å². The van der Waals surface area contributed by atoms with E-state index in [1.807, 2.05) is 18.2 Å². The Morgan fingerprint density at radius 3 is 2.58 bits per heavy atom. The third-order valence-corrected chi connectivity index (χ3v) is 9.01. The summed E-state index contributed by atoms with van der Waals surface area (Å²) >= 11 is 9.14. The largest absolute Gasteiger partial charge is 0.493 e. The van der Waals surface area contributed by atoms with Crippen molar-refractivity contribution in [3.63, 3.8) is 0 Å². The Labute approximate surface area is 269 Å². The van der Waals surface area contributed by atoms with E-state index >= 15 is 0 Å². The maximum absolute atomic E-state index is 14.1. The summed E-state index contributed by atoms with van der Waals surface area (Å²) in [5.74, 6) is 0.871. The molecular weight excluding hydrogens is 828 g/mol. The lowest BCUT2D eigenvalue weighted by Crippen LogP contribution is -2.40. The van der Waals surface area contributed by atoms with Crippen molar-refractivity contribution in [2.24, 2.45) is 4.99 Å². The van der Waals surface area contributed by atoms with Crippen molar-refractivity contribution < 1.29 is 23.7 Å². The quantitative estimate of drug-likeness (QED) is 0.239. The molecule has 1 aliphatic rings. The van der Waals surface area contributed by atoms with Crippen LogP contribution >= 0.6 is 72.4 Å². The molecule has 0 fully saturated rings. The van der Waals surface area contributed by atoms with Crippen LogP contribution in [-0.4, -0.2) is 38.0 Å². The molecule has 1 aliphatic heterocycles. The number of rotatable bonds is 8. The number of nitriles is 1. The molecule has 0 amide bonds. The van der Waals surface area contributed by atoms with Crippen LogP contribution in [0.2, 0.25) is 0 Å². The zero-order chi connectivity index (χ0) is 29.1. The van der Waals surface area contributed by atoms with Gasteiger partial charge in [-0.2, -0.15) is 5.26 Å². The first kappa shape index (κ1) is 30.5. The second kappa shape index (κ2) is 13.0. The van der Waals surface area contributed by atoms with Gasteiger partial charge < -0.3 is 18.9 Å². The molecular formula is C27H22BrI2N3O6S. The number of carbonyl (C=O) groups excluding carboxylic acids is 1. The summed E-state index contributed by atoms with van der Waals surface area (Å²) in [6.07, 6.45) is 1.73. The Morgan fingerprint density at radius 1 is 1.23 bits per heavy atom. The van der Waals surface area contributed by atoms with Gasteiger partial charge in [-0.05, 0) is 94.9 Å². The van der Waals surface area contributed by atoms with E-state index in [1.54, 1.807) is 32.1 Å². The van der Waals surface area contributed by atoms with E-state index < -0.39 is 12.0 Å². The molecule has 0 bridgehead atoms. The van der Waals surface area contributed by atoms with Gasteiger partial charge in [-0.3, -0.25) is 9.36 Å². The van der Waals surface area contributed by atoms with Gasteiger partial charge in [0, 0.05) is 13.6 Å². The topological polar surface area (TPSA) is 112 Å². The molecule has 0 aliphatic carbocycles. The predicted molar refractivity (Wildman–Crippen MR) is 171 cm³/mol. The van der Waals surface area contributed by atoms with Crippen molar-refractivity contribution >= 4 is 84.5 Å². The predicted octanol–water partition coefficient (Wildman–Crippen LogP) is 4.69. The van der Waals surface area contributed by atoms with E-state index in [-0.39, 0.29) is 24.3 Å². The van der Waals surface area contributed by atoms with Crippen molar-refractivity contribution in [3.8, 4) is 23.3 Å². The monoisotopic (exact) mass is 849 g/mol. The minimum absolute atomic E-state index is 0.131. The second-order valence-corrected chi connectivity index (χ2v) is 12.6. The molecule has 2 heterocycles. The first-order chi connectivity index (χ1) is 19.1. The van der Waals surface area contributed by atoms with E-state index in [0.717, 1.165) is 7.14 Å². The summed E-state index contributed by atoms with van der Waals surface area (Å²) in [6.45, 7) is 3.48. The number of fused-ring (bicyclic) bond motifs is 1. The molecule has 2 aromatic carbocycles. The Morgan fingerprint density at radius 2 is 1.93 bits per heavy atom. The number of ether oxygens (including phenoxy) is 4. The maximum Gasteiger partial charge on any atom is 0.338 e. The van der Waals surface area contributed by atoms with Gasteiger partial charge in [-0.1, -0.05) is 27.3 Å². The summed E-state index contributed by atoms with van der Waals surface area (Å²) in [4.78, 5) is 32.4. The highest BCUT2D eigenvalue weighted by Gasteiger charge is 2.35. The van der Waals surface area contributed by atoms with Crippen molar-refractivity contribution in [1.29, 1.82) is 5.26 Å². The van der Waals surface area contributed by atoms with Crippen molar-refractivity contribution in [1.82, 2.24) is 4.57 Å². The van der Waals surface area contributed by atoms with Crippen LogP contribution in [0.25, 0.3) is 6.08 Å². The zero-order valence-electron chi connectivity index (χ0n) is 21.7. The Bertz CT molecular complexity index is 1760. The fourth-order valence-electron chi connectivity index (χ4n) is 4.25. The number of hydrogen-bond donors (Lipinski definition) is 0. The number of esters is 1. The number of benzene rings is 2. The maximum atomic E-state index is 14.1. The van der Waals surface area contributed by atoms with Gasteiger partial charge in [0.15, 0.2) is 22.9 Å². The minimum Gasteiger partial charge on any atom is -0.493 e. The van der Waals surface area contributed by atoms with Crippen LogP contribution in [0.3, 0.4) is 0 Å². The number of carbonyl (C=O) groups is 1. The molecule has 0 N–H and O–H groups in total. The smallest absolute Gasteiger partial charge is 0.338 e. The first-order valence-corrected chi connectivity index (χ1v) is 15.5. The molecule has 0 spiro atoms. The highest BCUT2D eigenvalue weighted by atomic mass is 127. The molecule has 4 rings (SSSR count). The van der Waals surface area contributed by atoms with Crippen molar-refractivity contribution in [3.05, 3.63) is 78.0 Å². The van der Waals surface area contributed by atoms with Gasteiger partial charge >= 0.3 is 5.97 Å². The molecule has 208 valence electrons. The Balaban J connectivity index is 2.02. The van der Waals surface area contributed by atoms with E-state index in [9.17, 15) is 9.59 Å². The average molecular weight is 850 g/mol. The van der Waals surface area contributed by atoms with E-state index in [0.29, 0.717) is 47.9 Å². The van der Waals surface area contributed by atoms with Gasteiger partial charge in [-0.15, -0.1) is 0 Å².